The van der Waals surface area contributed by atoms with E-state index in [-0.39, 0.29) is 23.8 Å². The molecule has 0 amide bonds. The number of phenols is 1. The molecule has 0 aliphatic carbocycles. The topological polar surface area (TPSA) is 52.5 Å². The van der Waals surface area contributed by atoms with Crippen molar-refractivity contribution in [2.45, 2.75) is 39.8 Å². The van der Waals surface area contributed by atoms with Crippen LogP contribution >= 0.6 is 31.9 Å². The van der Waals surface area contributed by atoms with Gasteiger partial charge in [-0.25, -0.2) is 0 Å². The van der Waals surface area contributed by atoms with Crippen LogP contribution in [0.1, 0.15) is 32.8 Å². The molecular formula is C14H21Br2NO2. The molecule has 3 nitrogen and oxygen atoms in total. The number of hydrogen-bond donors (Lipinski definition) is 3. The zero-order valence-corrected chi connectivity index (χ0v) is 14.7. The van der Waals surface area contributed by atoms with E-state index in [0.29, 0.717) is 15.5 Å². The van der Waals surface area contributed by atoms with E-state index in [2.05, 4.69) is 57.9 Å². The summed E-state index contributed by atoms with van der Waals surface area (Å²) in [7, 11) is 0. The van der Waals surface area contributed by atoms with Crippen LogP contribution in [0.3, 0.4) is 0 Å². The molecule has 0 aliphatic rings. The normalized spacial score (nSPS) is 13.6. The van der Waals surface area contributed by atoms with Gasteiger partial charge in [-0.1, -0.05) is 20.8 Å². The molecule has 0 radical (unpaired) electrons. The molecule has 5 heteroatoms. The quantitative estimate of drug-likeness (QED) is 0.711. The first-order valence-corrected chi connectivity index (χ1v) is 7.85. The molecule has 0 saturated heterocycles. The van der Waals surface area contributed by atoms with E-state index in [0.717, 1.165) is 12.0 Å². The molecular weight excluding hydrogens is 374 g/mol. The van der Waals surface area contributed by atoms with Crippen molar-refractivity contribution in [3.8, 4) is 5.75 Å². The molecule has 0 aromatic heterocycles. The maximum atomic E-state index is 9.67. The average Bonchev–Trinajstić information content (AvgIpc) is 2.29. The van der Waals surface area contributed by atoms with Gasteiger partial charge in [0.2, 0.25) is 0 Å². The lowest BCUT2D eigenvalue weighted by atomic mass is 9.85. The monoisotopic (exact) mass is 393 g/mol. The van der Waals surface area contributed by atoms with Crippen molar-refractivity contribution in [1.29, 1.82) is 0 Å². The summed E-state index contributed by atoms with van der Waals surface area (Å²) in [6, 6.07) is 4.03. The van der Waals surface area contributed by atoms with Gasteiger partial charge in [0.05, 0.1) is 8.95 Å². The first kappa shape index (κ1) is 17.0. The fraction of sp³-hybridized carbons (Fsp3) is 0.571. The van der Waals surface area contributed by atoms with Crippen LogP contribution in [-0.4, -0.2) is 22.9 Å². The van der Waals surface area contributed by atoms with Crippen molar-refractivity contribution < 1.29 is 10.2 Å². The van der Waals surface area contributed by atoms with Gasteiger partial charge in [0.15, 0.2) is 0 Å². The Balaban J connectivity index is 2.75. The Hall–Kier alpha value is -0.100. The highest BCUT2D eigenvalue weighted by atomic mass is 79.9. The smallest absolute Gasteiger partial charge is 0.143 e. The number of halogens is 2. The lowest BCUT2D eigenvalue weighted by molar-refractivity contribution is 0.196. The van der Waals surface area contributed by atoms with Crippen LogP contribution in [0.15, 0.2) is 21.1 Å². The Bertz CT molecular complexity index is 407. The van der Waals surface area contributed by atoms with Crippen LogP contribution < -0.4 is 5.32 Å². The van der Waals surface area contributed by atoms with Gasteiger partial charge < -0.3 is 15.5 Å². The van der Waals surface area contributed by atoms with E-state index in [1.165, 1.54) is 0 Å². The van der Waals surface area contributed by atoms with Crippen molar-refractivity contribution in [3.63, 3.8) is 0 Å². The number of nitrogens with one attached hydrogen (secondary N) is 1. The Labute approximate surface area is 131 Å². The minimum atomic E-state index is 0.0914. The third-order valence-corrected chi connectivity index (χ3v) is 4.30. The van der Waals surface area contributed by atoms with Gasteiger partial charge in [-0.05, 0) is 61.4 Å². The van der Waals surface area contributed by atoms with Crippen molar-refractivity contribution in [2.24, 2.45) is 5.41 Å². The zero-order chi connectivity index (χ0) is 14.6. The molecule has 1 atom stereocenters. The Morgan fingerprint density at radius 1 is 1.21 bits per heavy atom. The molecule has 1 unspecified atom stereocenters. The lowest BCUT2D eigenvalue weighted by Crippen LogP contribution is -2.40. The number of benzene rings is 1. The van der Waals surface area contributed by atoms with Crippen LogP contribution in [0.5, 0.6) is 5.75 Å². The largest absolute Gasteiger partial charge is 0.506 e. The van der Waals surface area contributed by atoms with Crippen LogP contribution in [0.2, 0.25) is 0 Å². The molecule has 1 aromatic carbocycles. The predicted molar refractivity (Wildman–Crippen MR) is 85.3 cm³/mol. The molecule has 108 valence electrons. The highest BCUT2D eigenvalue weighted by Crippen LogP contribution is 2.33. The van der Waals surface area contributed by atoms with Gasteiger partial charge in [0, 0.05) is 19.2 Å². The van der Waals surface area contributed by atoms with E-state index in [9.17, 15) is 5.11 Å². The Morgan fingerprint density at radius 3 is 2.16 bits per heavy atom. The summed E-state index contributed by atoms with van der Waals surface area (Å²) in [6.07, 6.45) is 0.726. The first-order chi connectivity index (χ1) is 8.75. The van der Waals surface area contributed by atoms with Crippen molar-refractivity contribution >= 4 is 31.9 Å². The molecule has 1 aromatic rings. The van der Waals surface area contributed by atoms with E-state index >= 15 is 0 Å². The molecule has 0 saturated carbocycles. The predicted octanol–water partition coefficient (Wildman–Crippen LogP) is 3.80. The molecule has 0 heterocycles. The summed E-state index contributed by atoms with van der Waals surface area (Å²) in [6.45, 7) is 7.34. The third kappa shape index (κ3) is 5.06. The number of hydrogen-bond acceptors (Lipinski definition) is 3. The standard InChI is InChI=1S/C14H21Br2NO2/c1-14(2,3)12(4-5-18)17-8-9-6-10(15)13(19)11(16)7-9/h6-7,12,17-19H,4-5,8H2,1-3H3. The van der Waals surface area contributed by atoms with E-state index in [4.69, 9.17) is 5.11 Å². The summed E-state index contributed by atoms with van der Waals surface area (Å²) in [5.41, 5.74) is 1.16. The van der Waals surface area contributed by atoms with Gasteiger partial charge >= 0.3 is 0 Å². The highest BCUT2D eigenvalue weighted by Gasteiger charge is 2.23. The second-order valence-corrected chi connectivity index (χ2v) is 7.43. The maximum absolute atomic E-state index is 9.67. The molecule has 0 aliphatic heterocycles. The minimum absolute atomic E-state index is 0.0914. The molecule has 3 N–H and O–H groups in total. The molecule has 0 fully saturated rings. The van der Waals surface area contributed by atoms with Crippen molar-refractivity contribution in [1.82, 2.24) is 5.32 Å². The zero-order valence-electron chi connectivity index (χ0n) is 11.5. The van der Waals surface area contributed by atoms with Crippen LogP contribution in [0.4, 0.5) is 0 Å². The van der Waals surface area contributed by atoms with E-state index in [1.807, 2.05) is 12.1 Å². The van der Waals surface area contributed by atoms with Gasteiger partial charge in [-0.15, -0.1) is 0 Å². The SMILES string of the molecule is CC(C)(C)C(CCO)NCc1cc(Br)c(O)c(Br)c1. The van der Waals surface area contributed by atoms with Crippen LogP contribution in [0, 0.1) is 5.41 Å². The van der Waals surface area contributed by atoms with Gasteiger partial charge in [-0.2, -0.15) is 0 Å². The molecule has 0 bridgehead atoms. The van der Waals surface area contributed by atoms with Gasteiger partial charge in [-0.3, -0.25) is 0 Å². The third-order valence-electron chi connectivity index (χ3n) is 3.09. The van der Waals surface area contributed by atoms with Crippen molar-refractivity contribution in [2.75, 3.05) is 6.61 Å². The number of aliphatic hydroxyl groups is 1. The molecule has 19 heavy (non-hydrogen) atoms. The number of rotatable bonds is 5. The van der Waals surface area contributed by atoms with Gasteiger partial charge in [0.25, 0.3) is 0 Å². The Morgan fingerprint density at radius 2 is 1.74 bits per heavy atom. The number of phenolic OH excluding ortho intramolecular Hbond substituents is 1. The van der Waals surface area contributed by atoms with Gasteiger partial charge in [0.1, 0.15) is 5.75 Å². The average molecular weight is 395 g/mol. The fourth-order valence-electron chi connectivity index (χ4n) is 1.93. The lowest BCUT2D eigenvalue weighted by Gasteiger charge is -2.31. The molecule has 1 rings (SSSR count). The highest BCUT2D eigenvalue weighted by molar-refractivity contribution is 9.11. The maximum Gasteiger partial charge on any atom is 0.143 e. The summed E-state index contributed by atoms with van der Waals surface area (Å²) in [5.74, 6) is 0.214. The first-order valence-electron chi connectivity index (χ1n) is 6.27. The summed E-state index contributed by atoms with van der Waals surface area (Å²) in [4.78, 5) is 0. The number of aromatic hydroxyl groups is 1. The fourth-order valence-corrected chi connectivity index (χ4v) is 3.21. The van der Waals surface area contributed by atoms with E-state index in [1.54, 1.807) is 0 Å². The second kappa shape index (κ2) is 7.07. The second-order valence-electron chi connectivity index (χ2n) is 5.72. The number of aliphatic hydroxyl groups excluding tert-OH is 1. The summed E-state index contributed by atoms with van der Waals surface area (Å²) >= 11 is 6.65. The van der Waals surface area contributed by atoms with Crippen LogP contribution in [0.25, 0.3) is 0 Å². The summed E-state index contributed by atoms with van der Waals surface area (Å²) < 4.78 is 1.35. The van der Waals surface area contributed by atoms with Crippen LogP contribution in [-0.2, 0) is 6.54 Å². The Kier molecular flexibility index (Phi) is 6.30. The minimum Gasteiger partial charge on any atom is -0.506 e. The summed E-state index contributed by atoms with van der Waals surface area (Å²) in [5, 5.41) is 22.3. The van der Waals surface area contributed by atoms with E-state index < -0.39 is 0 Å². The van der Waals surface area contributed by atoms with Crippen molar-refractivity contribution in [3.05, 3.63) is 26.6 Å². The molecule has 0 spiro atoms.